The molecule has 0 radical (unpaired) electrons. The van der Waals surface area contributed by atoms with Crippen molar-refractivity contribution in [2.75, 3.05) is 4.83 Å². The molecule has 0 saturated carbocycles. The van der Waals surface area contributed by atoms with Crippen LogP contribution in [0.5, 0.6) is 0 Å². The third-order valence-corrected chi connectivity index (χ3v) is 2.10. The first-order valence-corrected chi connectivity index (χ1v) is 4.38. The molecule has 0 aliphatic rings. The molecule has 0 unspecified atom stereocenters. The summed E-state index contributed by atoms with van der Waals surface area (Å²) in [5.74, 6) is 0. The lowest BCUT2D eigenvalue weighted by molar-refractivity contribution is -0.0432. The van der Waals surface area contributed by atoms with Crippen LogP contribution in [0.15, 0.2) is 18.7 Å². The van der Waals surface area contributed by atoms with Crippen LogP contribution in [0.1, 0.15) is 0 Å². The number of nitrogens with one attached hydrogen (secondary N) is 1. The Kier molecular flexibility index (Phi) is 2.20. The number of alkyl halides is 3. The first kappa shape index (κ1) is 9.84. The van der Waals surface area contributed by atoms with E-state index in [1.54, 1.807) is 0 Å². The van der Waals surface area contributed by atoms with E-state index < -0.39 is 15.5 Å². The van der Waals surface area contributed by atoms with Gasteiger partial charge in [0.1, 0.15) is 6.33 Å². The number of sulfonamides is 1. The fourth-order valence-corrected chi connectivity index (χ4v) is 0.993. The normalized spacial score (nSPS) is 12.8. The molecule has 1 N–H and O–H groups in total. The van der Waals surface area contributed by atoms with Crippen molar-refractivity contribution in [2.24, 2.45) is 0 Å². The molecule has 0 spiro atoms. The monoisotopic (exact) mass is 215 g/mol. The summed E-state index contributed by atoms with van der Waals surface area (Å²) in [6.07, 6.45) is 3.06. The first-order chi connectivity index (χ1) is 5.83. The van der Waals surface area contributed by atoms with Crippen molar-refractivity contribution < 1.29 is 21.6 Å². The first-order valence-electron chi connectivity index (χ1n) is 2.90. The van der Waals surface area contributed by atoms with E-state index in [2.05, 4.69) is 4.98 Å². The quantitative estimate of drug-likeness (QED) is 0.770. The maximum absolute atomic E-state index is 11.7. The third kappa shape index (κ3) is 2.11. The predicted octanol–water partition coefficient (Wildman–Crippen LogP) is 0.276. The highest BCUT2D eigenvalue weighted by molar-refractivity contribution is 7.93. The minimum atomic E-state index is -5.35. The Morgan fingerprint density at radius 2 is 2.00 bits per heavy atom. The van der Waals surface area contributed by atoms with E-state index in [1.807, 2.05) is 0 Å². The second-order valence-corrected chi connectivity index (χ2v) is 3.66. The topological polar surface area (TPSA) is 64.0 Å². The average molecular weight is 215 g/mol. The Balaban J connectivity index is 2.87. The molecule has 1 rings (SSSR count). The summed E-state index contributed by atoms with van der Waals surface area (Å²) in [6, 6.07) is 0. The zero-order valence-corrected chi connectivity index (χ0v) is 6.80. The predicted molar refractivity (Wildman–Crippen MR) is 36.6 cm³/mol. The van der Waals surface area contributed by atoms with E-state index in [0.717, 1.165) is 18.7 Å². The van der Waals surface area contributed by atoms with Crippen molar-refractivity contribution in [3.05, 3.63) is 18.7 Å². The number of hydrogen-bond donors (Lipinski definition) is 1. The third-order valence-electron chi connectivity index (χ3n) is 1.03. The van der Waals surface area contributed by atoms with Crippen LogP contribution in [0.2, 0.25) is 0 Å². The van der Waals surface area contributed by atoms with Gasteiger partial charge in [-0.1, -0.05) is 0 Å². The molecule has 9 heteroatoms. The van der Waals surface area contributed by atoms with Crippen LogP contribution in [0.4, 0.5) is 13.2 Å². The van der Waals surface area contributed by atoms with Crippen molar-refractivity contribution in [3.8, 4) is 0 Å². The molecule has 1 aromatic rings. The Morgan fingerprint density at radius 1 is 1.38 bits per heavy atom. The summed E-state index contributed by atoms with van der Waals surface area (Å²) in [7, 11) is -5.35. The van der Waals surface area contributed by atoms with Crippen LogP contribution in [0.25, 0.3) is 0 Å². The highest BCUT2D eigenvalue weighted by Gasteiger charge is 2.46. The van der Waals surface area contributed by atoms with Gasteiger partial charge in [-0.15, -0.1) is 0 Å². The Hall–Kier alpha value is -1.25. The van der Waals surface area contributed by atoms with Gasteiger partial charge in [0.25, 0.3) is 0 Å². The molecule has 0 fully saturated rings. The highest BCUT2D eigenvalue weighted by atomic mass is 32.2. The van der Waals surface area contributed by atoms with Crippen LogP contribution in [-0.4, -0.2) is 23.6 Å². The van der Waals surface area contributed by atoms with E-state index in [0.29, 0.717) is 4.68 Å². The van der Waals surface area contributed by atoms with Crippen LogP contribution >= 0.6 is 0 Å². The zero-order valence-electron chi connectivity index (χ0n) is 5.99. The summed E-state index contributed by atoms with van der Waals surface area (Å²) in [5, 5.41) is 0. The van der Waals surface area contributed by atoms with Gasteiger partial charge in [-0.05, 0) is 0 Å². The molecule has 1 aromatic heterocycles. The number of halogens is 3. The minimum absolute atomic E-state index is 0.586. The molecule has 0 aliphatic heterocycles. The smallest absolute Gasteiger partial charge is 0.243 e. The van der Waals surface area contributed by atoms with Crippen molar-refractivity contribution >= 4 is 10.0 Å². The van der Waals surface area contributed by atoms with Crippen LogP contribution in [0, 0.1) is 0 Å². The van der Waals surface area contributed by atoms with Gasteiger partial charge in [0.15, 0.2) is 0 Å². The molecule has 13 heavy (non-hydrogen) atoms. The minimum Gasteiger partial charge on any atom is -0.243 e. The summed E-state index contributed by atoms with van der Waals surface area (Å²) >= 11 is 0. The van der Waals surface area contributed by atoms with Gasteiger partial charge in [-0.25, -0.2) is 14.5 Å². The summed E-state index contributed by atoms with van der Waals surface area (Å²) in [6.45, 7) is 0. The molecule has 0 atom stereocenters. The lowest BCUT2D eigenvalue weighted by Crippen LogP contribution is -2.34. The second-order valence-electron chi connectivity index (χ2n) is 2.01. The molecule has 74 valence electrons. The molecule has 0 bridgehead atoms. The lowest BCUT2D eigenvalue weighted by atomic mass is 11.0. The Bertz CT molecular complexity index is 368. The van der Waals surface area contributed by atoms with Crippen molar-refractivity contribution in [3.63, 3.8) is 0 Å². The maximum atomic E-state index is 11.7. The molecule has 1 heterocycles. The lowest BCUT2D eigenvalue weighted by Gasteiger charge is -2.09. The SMILES string of the molecule is O=S(=O)(Nn1ccnc1)C(F)(F)F. The number of hydrogen-bond acceptors (Lipinski definition) is 3. The van der Waals surface area contributed by atoms with Gasteiger partial charge >= 0.3 is 15.5 Å². The number of aromatic nitrogens is 2. The summed E-state index contributed by atoms with van der Waals surface area (Å²) in [5.41, 5.74) is -5.32. The van der Waals surface area contributed by atoms with Gasteiger partial charge in [0.05, 0.1) is 0 Å². The van der Waals surface area contributed by atoms with Gasteiger partial charge in [0, 0.05) is 12.4 Å². The fourth-order valence-electron chi connectivity index (χ4n) is 0.504. The average Bonchev–Trinajstić information content (AvgIpc) is 2.35. The molecule has 0 aromatic carbocycles. The maximum Gasteiger partial charge on any atom is 0.517 e. The second kappa shape index (κ2) is 2.91. The fraction of sp³-hybridized carbons (Fsp3) is 0.250. The van der Waals surface area contributed by atoms with E-state index in [4.69, 9.17) is 0 Å². The summed E-state index contributed by atoms with van der Waals surface area (Å²) in [4.78, 5) is 4.60. The molecule has 0 aliphatic carbocycles. The van der Waals surface area contributed by atoms with Crippen LogP contribution in [-0.2, 0) is 10.0 Å². The molecular formula is C4H4F3N3O2S. The van der Waals surface area contributed by atoms with E-state index in [9.17, 15) is 21.6 Å². The largest absolute Gasteiger partial charge is 0.517 e. The van der Waals surface area contributed by atoms with Gasteiger partial charge in [-0.2, -0.15) is 21.6 Å². The summed E-state index contributed by atoms with van der Waals surface area (Å²) < 4.78 is 56.7. The van der Waals surface area contributed by atoms with Gasteiger partial charge < -0.3 is 0 Å². The Labute approximate surface area is 71.2 Å². The standard InChI is InChI=1S/C4H4F3N3O2S/c5-4(6,7)13(11,12)9-10-2-1-8-3-10/h1-3,9H. The molecule has 0 saturated heterocycles. The van der Waals surface area contributed by atoms with Gasteiger partial charge in [-0.3, -0.25) is 0 Å². The number of nitrogens with zero attached hydrogens (tertiary/aromatic N) is 2. The van der Waals surface area contributed by atoms with E-state index in [-0.39, 0.29) is 0 Å². The van der Waals surface area contributed by atoms with Crippen molar-refractivity contribution in [1.29, 1.82) is 0 Å². The van der Waals surface area contributed by atoms with Gasteiger partial charge in [0.2, 0.25) is 0 Å². The highest BCUT2D eigenvalue weighted by Crippen LogP contribution is 2.22. The molecule has 5 nitrogen and oxygen atoms in total. The zero-order chi connectivity index (χ0) is 10.1. The molecule has 0 amide bonds. The van der Waals surface area contributed by atoms with Crippen LogP contribution in [0.3, 0.4) is 0 Å². The van der Waals surface area contributed by atoms with Crippen molar-refractivity contribution in [2.45, 2.75) is 5.51 Å². The molecular weight excluding hydrogens is 211 g/mol. The number of imidazole rings is 1. The van der Waals surface area contributed by atoms with Crippen LogP contribution < -0.4 is 4.83 Å². The number of rotatable bonds is 2. The van der Waals surface area contributed by atoms with E-state index >= 15 is 0 Å². The van der Waals surface area contributed by atoms with E-state index in [1.165, 1.54) is 4.83 Å². The Morgan fingerprint density at radius 3 is 2.38 bits per heavy atom. The van der Waals surface area contributed by atoms with Crippen molar-refractivity contribution in [1.82, 2.24) is 9.66 Å².